The Bertz CT molecular complexity index is 152. The van der Waals surface area contributed by atoms with Crippen LogP contribution in [0.15, 0.2) is 17.1 Å². The molecule has 1 heteroatoms. The van der Waals surface area contributed by atoms with Gasteiger partial charge in [0.1, 0.15) is 0 Å². The van der Waals surface area contributed by atoms with Gasteiger partial charge in [0.2, 0.25) is 0 Å². The maximum Gasteiger partial charge on any atom is 0.0577 e. The summed E-state index contributed by atoms with van der Waals surface area (Å²) in [6, 6.07) is 0. The van der Waals surface area contributed by atoms with E-state index in [1.165, 1.54) is 18.6 Å². The molecule has 2 aliphatic rings. The van der Waals surface area contributed by atoms with Crippen LogP contribution < -0.4 is 0 Å². The fourth-order valence-corrected chi connectivity index (χ4v) is 1.03. The molecule has 0 amide bonds. The lowest BCUT2D eigenvalue weighted by Crippen LogP contribution is -1.90. The molecule has 1 heterocycles. The quantitative estimate of drug-likeness (QED) is 0.480. The van der Waals surface area contributed by atoms with Gasteiger partial charge in [-0.3, -0.25) is 4.99 Å². The number of nitrogens with zero attached hydrogens (tertiary/aromatic N) is 1. The molecule has 1 saturated carbocycles. The zero-order chi connectivity index (χ0) is 5.40. The van der Waals surface area contributed by atoms with Crippen molar-refractivity contribution in [2.75, 3.05) is 6.54 Å². The van der Waals surface area contributed by atoms with Crippen molar-refractivity contribution in [1.29, 1.82) is 0 Å². The van der Waals surface area contributed by atoms with Gasteiger partial charge in [-0.1, -0.05) is 6.08 Å². The van der Waals surface area contributed by atoms with Crippen molar-refractivity contribution < 1.29 is 0 Å². The lowest BCUT2D eigenvalue weighted by Gasteiger charge is -1.86. The molecule has 0 aromatic rings. The van der Waals surface area contributed by atoms with Crippen LogP contribution >= 0.6 is 0 Å². The summed E-state index contributed by atoms with van der Waals surface area (Å²) in [6.45, 7) is 0.936. The van der Waals surface area contributed by atoms with E-state index >= 15 is 0 Å². The maximum atomic E-state index is 4.30. The van der Waals surface area contributed by atoms with E-state index in [-0.39, 0.29) is 0 Å². The molecule has 0 radical (unpaired) electrons. The van der Waals surface area contributed by atoms with Crippen molar-refractivity contribution in [3.05, 3.63) is 12.2 Å². The Kier molecular flexibility index (Phi) is 0.775. The SMILES string of the molecule is C1=CC(C2CC2)=NC1. The minimum Gasteiger partial charge on any atom is -0.285 e. The third-order valence-corrected chi connectivity index (χ3v) is 1.66. The summed E-state index contributed by atoms with van der Waals surface area (Å²) in [6.07, 6.45) is 7.05. The molecule has 2 rings (SSSR count). The van der Waals surface area contributed by atoms with Gasteiger partial charge in [0.05, 0.1) is 6.54 Å². The van der Waals surface area contributed by atoms with Crippen LogP contribution in [0.1, 0.15) is 12.8 Å². The second kappa shape index (κ2) is 1.44. The van der Waals surface area contributed by atoms with E-state index in [1.54, 1.807) is 0 Å². The van der Waals surface area contributed by atoms with Crippen molar-refractivity contribution in [2.45, 2.75) is 12.8 Å². The monoisotopic (exact) mass is 107 g/mol. The van der Waals surface area contributed by atoms with E-state index in [1.807, 2.05) is 0 Å². The smallest absolute Gasteiger partial charge is 0.0577 e. The molecule has 0 aromatic heterocycles. The normalized spacial score (nSPS) is 26.2. The zero-order valence-corrected chi connectivity index (χ0v) is 4.80. The van der Waals surface area contributed by atoms with Crippen LogP contribution in [0.4, 0.5) is 0 Å². The summed E-state index contributed by atoms with van der Waals surface area (Å²) < 4.78 is 0. The van der Waals surface area contributed by atoms with E-state index in [4.69, 9.17) is 0 Å². The van der Waals surface area contributed by atoms with Crippen LogP contribution in [0.5, 0.6) is 0 Å². The Hall–Kier alpha value is -0.590. The standard InChI is InChI=1S/C7H9N/c1-2-7(8-5-1)6-3-4-6/h1-2,6H,3-5H2. The topological polar surface area (TPSA) is 12.4 Å². The molecule has 1 fully saturated rings. The number of hydrogen-bond acceptors (Lipinski definition) is 1. The average Bonchev–Trinajstić information content (AvgIpc) is 2.49. The first-order valence-electron chi connectivity index (χ1n) is 3.18. The predicted molar refractivity (Wildman–Crippen MR) is 34.2 cm³/mol. The van der Waals surface area contributed by atoms with E-state index < -0.39 is 0 Å². The second-order valence-corrected chi connectivity index (χ2v) is 2.44. The van der Waals surface area contributed by atoms with Gasteiger partial charge < -0.3 is 0 Å². The van der Waals surface area contributed by atoms with Gasteiger partial charge in [-0.2, -0.15) is 0 Å². The highest BCUT2D eigenvalue weighted by Gasteiger charge is 2.26. The number of hydrogen-bond donors (Lipinski definition) is 0. The fraction of sp³-hybridized carbons (Fsp3) is 0.571. The van der Waals surface area contributed by atoms with Crippen LogP contribution in [0.25, 0.3) is 0 Å². The number of allylic oxidation sites excluding steroid dienone is 1. The maximum absolute atomic E-state index is 4.30. The van der Waals surface area contributed by atoms with E-state index in [9.17, 15) is 0 Å². The van der Waals surface area contributed by atoms with Crippen LogP contribution in [0.2, 0.25) is 0 Å². The number of aliphatic imine (C=N–C) groups is 1. The molecule has 0 spiro atoms. The van der Waals surface area contributed by atoms with Gasteiger partial charge in [0.25, 0.3) is 0 Å². The first-order chi connectivity index (χ1) is 3.97. The molecule has 42 valence electrons. The molecule has 1 aliphatic carbocycles. The Morgan fingerprint density at radius 3 is 2.88 bits per heavy atom. The Balaban J connectivity index is 2.13. The molecule has 8 heavy (non-hydrogen) atoms. The van der Waals surface area contributed by atoms with Gasteiger partial charge in [-0.25, -0.2) is 0 Å². The molecule has 0 N–H and O–H groups in total. The van der Waals surface area contributed by atoms with Crippen molar-refractivity contribution in [3.63, 3.8) is 0 Å². The minimum atomic E-state index is 0.855. The largest absolute Gasteiger partial charge is 0.285 e. The van der Waals surface area contributed by atoms with Crippen LogP contribution in [-0.4, -0.2) is 12.3 Å². The number of rotatable bonds is 1. The average molecular weight is 107 g/mol. The molecule has 1 nitrogen and oxygen atoms in total. The Labute approximate surface area is 49.1 Å². The Morgan fingerprint density at radius 1 is 1.50 bits per heavy atom. The fourth-order valence-electron chi connectivity index (χ4n) is 1.03. The molecular formula is C7H9N. The van der Waals surface area contributed by atoms with Crippen LogP contribution in [0.3, 0.4) is 0 Å². The summed E-state index contributed by atoms with van der Waals surface area (Å²) >= 11 is 0. The van der Waals surface area contributed by atoms with Gasteiger partial charge in [-0.05, 0) is 18.9 Å². The highest BCUT2D eigenvalue weighted by Crippen LogP contribution is 2.31. The van der Waals surface area contributed by atoms with Crippen LogP contribution in [-0.2, 0) is 0 Å². The van der Waals surface area contributed by atoms with Crippen molar-refractivity contribution in [2.24, 2.45) is 10.9 Å². The van der Waals surface area contributed by atoms with E-state index in [0.29, 0.717) is 0 Å². The van der Waals surface area contributed by atoms with Gasteiger partial charge in [0, 0.05) is 11.6 Å². The summed E-state index contributed by atoms with van der Waals surface area (Å²) in [5.41, 5.74) is 1.35. The highest BCUT2D eigenvalue weighted by molar-refractivity contribution is 5.99. The van der Waals surface area contributed by atoms with Gasteiger partial charge in [-0.15, -0.1) is 0 Å². The van der Waals surface area contributed by atoms with Crippen molar-refractivity contribution >= 4 is 5.71 Å². The van der Waals surface area contributed by atoms with Crippen molar-refractivity contribution in [3.8, 4) is 0 Å². The van der Waals surface area contributed by atoms with E-state index in [2.05, 4.69) is 17.1 Å². The first-order valence-corrected chi connectivity index (χ1v) is 3.18. The molecule has 1 aliphatic heterocycles. The molecule has 0 unspecified atom stereocenters. The van der Waals surface area contributed by atoms with Crippen molar-refractivity contribution in [1.82, 2.24) is 0 Å². The third kappa shape index (κ3) is 0.585. The predicted octanol–water partition coefficient (Wildman–Crippen LogP) is 1.41. The molecule has 0 bridgehead atoms. The summed E-state index contributed by atoms with van der Waals surface area (Å²) in [5.74, 6) is 0.855. The highest BCUT2D eigenvalue weighted by atomic mass is 14.8. The third-order valence-electron chi connectivity index (χ3n) is 1.66. The lowest BCUT2D eigenvalue weighted by atomic mass is 10.2. The second-order valence-electron chi connectivity index (χ2n) is 2.44. The van der Waals surface area contributed by atoms with Gasteiger partial charge in [0.15, 0.2) is 0 Å². The molecular weight excluding hydrogens is 98.1 g/mol. The Morgan fingerprint density at radius 2 is 2.38 bits per heavy atom. The molecule has 0 atom stereocenters. The first kappa shape index (κ1) is 4.30. The van der Waals surface area contributed by atoms with E-state index in [0.717, 1.165) is 12.5 Å². The molecule has 0 saturated heterocycles. The summed E-state index contributed by atoms with van der Waals surface area (Å²) in [5, 5.41) is 0. The van der Waals surface area contributed by atoms with Gasteiger partial charge >= 0.3 is 0 Å². The zero-order valence-electron chi connectivity index (χ0n) is 4.80. The summed E-state index contributed by atoms with van der Waals surface area (Å²) in [7, 11) is 0. The lowest BCUT2D eigenvalue weighted by molar-refractivity contribution is 1.17. The summed E-state index contributed by atoms with van der Waals surface area (Å²) in [4.78, 5) is 4.30. The van der Waals surface area contributed by atoms with Crippen LogP contribution in [0, 0.1) is 5.92 Å². The molecule has 0 aromatic carbocycles. The minimum absolute atomic E-state index is 0.855.